The molecule has 3 N–H and O–H groups in total. The Kier molecular flexibility index (Phi) is 9.23. The average Bonchev–Trinajstić information content (AvgIpc) is 3.13. The van der Waals surface area contributed by atoms with E-state index < -0.39 is 17.8 Å². The second-order valence-electron chi connectivity index (χ2n) is 8.44. The smallest absolute Gasteiger partial charge is 0.344 e. The molecular weight excluding hydrogens is 531 g/mol. The number of hydrogen-bond donors (Lipinski definition) is 3. The van der Waals surface area contributed by atoms with Crippen LogP contribution < -0.4 is 15.4 Å². The Morgan fingerprint density at radius 3 is 2.74 bits per heavy atom. The van der Waals surface area contributed by atoms with Gasteiger partial charge in [0.15, 0.2) is 5.56 Å². The summed E-state index contributed by atoms with van der Waals surface area (Å²) in [6.07, 6.45) is 0.342. The number of carbonyl (C=O) groups is 2. The Morgan fingerprint density at radius 2 is 2.09 bits per heavy atom. The van der Waals surface area contributed by atoms with Crippen molar-refractivity contribution in [2.24, 2.45) is 5.92 Å². The molecule has 1 fully saturated rings. The molecule has 3 unspecified atom stereocenters. The third kappa shape index (κ3) is 7.36. The normalized spacial score (nSPS) is 19.4. The molecule has 1 aromatic carbocycles. The summed E-state index contributed by atoms with van der Waals surface area (Å²) in [7, 11) is 0. The quantitative estimate of drug-likeness (QED) is 0.423. The van der Waals surface area contributed by atoms with Gasteiger partial charge in [-0.3, -0.25) is 10.2 Å². The fraction of sp³-hybridized carbons (Fsp3) is 0.500. The van der Waals surface area contributed by atoms with Crippen LogP contribution in [0, 0.1) is 11.7 Å². The molecule has 34 heavy (non-hydrogen) atoms. The molecule has 0 saturated carbocycles. The number of urea groups is 1. The Bertz CT molecular complexity index is 1010. The van der Waals surface area contributed by atoms with Crippen molar-refractivity contribution in [3.8, 4) is 5.88 Å². The summed E-state index contributed by atoms with van der Waals surface area (Å²) in [4.78, 5) is 26.5. The average molecular weight is 559 g/mol. The molecule has 1 aliphatic rings. The minimum absolute atomic E-state index is 0.0414. The van der Waals surface area contributed by atoms with Gasteiger partial charge in [-0.15, -0.1) is 0 Å². The molecule has 2 heterocycles. The van der Waals surface area contributed by atoms with E-state index in [1.165, 1.54) is 12.1 Å². The van der Waals surface area contributed by atoms with Gasteiger partial charge in [0.05, 0.1) is 12.2 Å². The summed E-state index contributed by atoms with van der Waals surface area (Å²) >= 11 is 3.96. The summed E-state index contributed by atoms with van der Waals surface area (Å²) in [6.45, 7) is 8.83. The lowest BCUT2D eigenvalue weighted by atomic mass is 10.1. The standard InChI is InChI=1S/C22H28BrFN4O5S/c1-12(8-28-9-13(2)33-14(3)10-28)7-25-22(31)26-20-18(21(29)30)19(27-34-20)32-11-15-4-5-16(23)6-17(15)24/h4-6,12-14H,7-11H2,1-3H3,(H,29,30)(H2,25,26,31). The van der Waals surface area contributed by atoms with Crippen molar-refractivity contribution in [1.29, 1.82) is 0 Å². The van der Waals surface area contributed by atoms with Gasteiger partial charge in [-0.1, -0.05) is 28.9 Å². The van der Waals surface area contributed by atoms with Crippen LogP contribution in [0.25, 0.3) is 0 Å². The van der Waals surface area contributed by atoms with Crippen molar-refractivity contribution in [3.05, 3.63) is 39.6 Å². The maximum absolute atomic E-state index is 14.0. The minimum Gasteiger partial charge on any atom is -0.477 e. The Hall–Kier alpha value is -2.28. The van der Waals surface area contributed by atoms with Crippen LogP contribution in [0.15, 0.2) is 22.7 Å². The molecule has 1 saturated heterocycles. The van der Waals surface area contributed by atoms with Gasteiger partial charge in [0.1, 0.15) is 17.4 Å². The minimum atomic E-state index is -1.31. The van der Waals surface area contributed by atoms with E-state index in [4.69, 9.17) is 9.47 Å². The molecule has 3 atom stereocenters. The zero-order valence-electron chi connectivity index (χ0n) is 19.1. The van der Waals surface area contributed by atoms with E-state index in [1.54, 1.807) is 6.07 Å². The molecule has 0 aliphatic carbocycles. The molecule has 0 bridgehead atoms. The molecule has 0 spiro atoms. The molecule has 1 aromatic heterocycles. The van der Waals surface area contributed by atoms with Crippen LogP contribution in [0.5, 0.6) is 5.88 Å². The molecule has 2 amide bonds. The molecule has 2 aromatic rings. The van der Waals surface area contributed by atoms with Gasteiger partial charge in [-0.2, -0.15) is 4.37 Å². The Labute approximate surface area is 209 Å². The highest BCUT2D eigenvalue weighted by Gasteiger charge is 2.25. The number of nitrogens with one attached hydrogen (secondary N) is 2. The van der Waals surface area contributed by atoms with Crippen molar-refractivity contribution in [1.82, 2.24) is 14.6 Å². The summed E-state index contributed by atoms with van der Waals surface area (Å²) in [5, 5.41) is 14.9. The van der Waals surface area contributed by atoms with Gasteiger partial charge in [0, 0.05) is 36.2 Å². The van der Waals surface area contributed by atoms with Gasteiger partial charge in [-0.05, 0) is 43.4 Å². The van der Waals surface area contributed by atoms with E-state index in [0.717, 1.165) is 31.2 Å². The second kappa shape index (κ2) is 11.9. The SMILES string of the molecule is CC(CNC(=O)Nc1snc(OCc2ccc(Br)cc2F)c1C(=O)O)CN1CC(C)OC(C)C1. The largest absolute Gasteiger partial charge is 0.477 e. The number of hydrogen-bond acceptors (Lipinski definition) is 7. The van der Waals surface area contributed by atoms with Crippen LogP contribution in [0.3, 0.4) is 0 Å². The van der Waals surface area contributed by atoms with Crippen LogP contribution in [0.4, 0.5) is 14.2 Å². The fourth-order valence-electron chi connectivity index (χ4n) is 3.79. The third-order valence-corrected chi connectivity index (χ3v) is 6.40. The number of nitrogens with zero attached hydrogens (tertiary/aromatic N) is 2. The topological polar surface area (TPSA) is 113 Å². The van der Waals surface area contributed by atoms with Crippen LogP contribution in [-0.2, 0) is 11.3 Å². The van der Waals surface area contributed by atoms with Gasteiger partial charge in [0.25, 0.3) is 0 Å². The van der Waals surface area contributed by atoms with Gasteiger partial charge in [0.2, 0.25) is 5.88 Å². The second-order valence-corrected chi connectivity index (χ2v) is 10.1. The molecular formula is C22H28BrFN4O5S. The van der Waals surface area contributed by atoms with E-state index in [2.05, 4.69) is 35.8 Å². The van der Waals surface area contributed by atoms with Crippen molar-refractivity contribution in [3.63, 3.8) is 0 Å². The van der Waals surface area contributed by atoms with Gasteiger partial charge in [-0.25, -0.2) is 14.0 Å². The maximum Gasteiger partial charge on any atom is 0.344 e. The number of aromatic nitrogens is 1. The first kappa shape index (κ1) is 26.3. The van der Waals surface area contributed by atoms with Crippen LogP contribution in [-0.4, -0.2) is 64.8 Å². The van der Waals surface area contributed by atoms with Crippen molar-refractivity contribution < 1.29 is 28.6 Å². The molecule has 3 rings (SSSR count). The van der Waals surface area contributed by atoms with E-state index >= 15 is 0 Å². The highest BCUT2D eigenvalue weighted by atomic mass is 79.9. The number of carboxylic acid groups (broad SMARTS) is 1. The Morgan fingerprint density at radius 1 is 1.38 bits per heavy atom. The molecule has 9 nitrogen and oxygen atoms in total. The number of benzene rings is 1. The van der Waals surface area contributed by atoms with E-state index in [9.17, 15) is 19.1 Å². The number of rotatable bonds is 9. The lowest BCUT2D eigenvalue weighted by Crippen LogP contribution is -2.48. The van der Waals surface area contributed by atoms with Crippen LogP contribution >= 0.6 is 27.5 Å². The predicted octanol–water partition coefficient (Wildman–Crippen LogP) is 4.19. The molecule has 186 valence electrons. The summed E-state index contributed by atoms with van der Waals surface area (Å²) in [5.41, 5.74) is -0.0279. The van der Waals surface area contributed by atoms with E-state index in [-0.39, 0.29) is 46.7 Å². The van der Waals surface area contributed by atoms with Crippen LogP contribution in [0.2, 0.25) is 0 Å². The third-order valence-electron chi connectivity index (χ3n) is 5.16. The number of aromatic carboxylic acids is 1. The van der Waals surface area contributed by atoms with Crippen molar-refractivity contribution in [2.75, 3.05) is 31.5 Å². The summed E-state index contributed by atoms with van der Waals surface area (Å²) in [5.74, 6) is -1.80. The van der Waals surface area contributed by atoms with Crippen molar-refractivity contribution >= 4 is 44.5 Å². The van der Waals surface area contributed by atoms with E-state index in [0.29, 0.717) is 11.0 Å². The Balaban J connectivity index is 1.53. The number of morpholine rings is 1. The molecule has 12 heteroatoms. The first-order chi connectivity index (χ1) is 16.1. The number of carboxylic acids is 1. The lowest BCUT2D eigenvalue weighted by Gasteiger charge is -2.36. The predicted molar refractivity (Wildman–Crippen MR) is 130 cm³/mol. The number of carbonyl (C=O) groups excluding carboxylic acids is 1. The first-order valence-electron chi connectivity index (χ1n) is 10.8. The van der Waals surface area contributed by atoms with Crippen molar-refractivity contribution in [2.45, 2.75) is 39.6 Å². The number of halogens is 2. The van der Waals surface area contributed by atoms with E-state index in [1.807, 2.05) is 20.8 Å². The lowest BCUT2D eigenvalue weighted by molar-refractivity contribution is -0.0707. The highest BCUT2D eigenvalue weighted by molar-refractivity contribution is 9.10. The van der Waals surface area contributed by atoms with Gasteiger partial charge >= 0.3 is 12.0 Å². The number of ether oxygens (including phenoxy) is 2. The number of anilines is 1. The number of amides is 2. The zero-order chi connectivity index (χ0) is 24.8. The first-order valence-corrected chi connectivity index (χ1v) is 12.4. The van der Waals surface area contributed by atoms with Gasteiger partial charge < -0.3 is 19.9 Å². The monoisotopic (exact) mass is 558 g/mol. The van der Waals surface area contributed by atoms with Crippen LogP contribution in [0.1, 0.15) is 36.7 Å². The molecule has 1 aliphatic heterocycles. The fourth-order valence-corrected chi connectivity index (χ4v) is 4.84. The summed E-state index contributed by atoms with van der Waals surface area (Å²) in [6, 6.07) is 3.93. The molecule has 0 radical (unpaired) electrons. The summed E-state index contributed by atoms with van der Waals surface area (Å²) < 4.78 is 29.8. The zero-order valence-corrected chi connectivity index (χ0v) is 21.5. The highest BCUT2D eigenvalue weighted by Crippen LogP contribution is 2.31. The maximum atomic E-state index is 14.0.